The van der Waals surface area contributed by atoms with Gasteiger partial charge in [-0.25, -0.2) is 13.1 Å². The molecular formula is C30H32Cl2F3N3O8S. The predicted octanol–water partition coefficient (Wildman–Crippen LogP) is 6.91. The number of hydrogen-bond donors (Lipinski definition) is 1. The number of nitrogens with zero attached hydrogens (tertiary/aromatic N) is 2. The molecule has 0 saturated carbocycles. The third-order valence-electron chi connectivity index (χ3n) is 6.35. The van der Waals surface area contributed by atoms with Crippen LogP contribution >= 0.6 is 23.2 Å². The summed E-state index contributed by atoms with van der Waals surface area (Å²) in [4.78, 5) is 36.1. The Kier molecular flexibility index (Phi) is 14.0. The van der Waals surface area contributed by atoms with E-state index in [-0.39, 0.29) is 29.3 Å². The number of sulfonamides is 1. The highest BCUT2D eigenvalue weighted by Gasteiger charge is 2.31. The molecule has 0 aliphatic heterocycles. The summed E-state index contributed by atoms with van der Waals surface area (Å²) in [6.07, 6.45) is -3.06. The number of anilines is 1. The van der Waals surface area contributed by atoms with E-state index >= 15 is 0 Å². The molecule has 3 rings (SSSR count). The first kappa shape index (κ1) is 39.3. The monoisotopic (exact) mass is 721 g/mol. The Hall–Kier alpha value is -3.92. The summed E-state index contributed by atoms with van der Waals surface area (Å²) >= 11 is 11.5. The third-order valence-corrected chi connectivity index (χ3v) is 7.43. The van der Waals surface area contributed by atoms with Gasteiger partial charge >= 0.3 is 6.18 Å². The number of para-hydroxylation sites is 1. The van der Waals surface area contributed by atoms with E-state index in [1.54, 1.807) is 16.7 Å². The van der Waals surface area contributed by atoms with E-state index in [0.29, 0.717) is 25.0 Å². The fourth-order valence-corrected chi connectivity index (χ4v) is 5.15. The van der Waals surface area contributed by atoms with Gasteiger partial charge in [0.25, 0.3) is 11.6 Å². The van der Waals surface area contributed by atoms with Gasteiger partial charge in [0.2, 0.25) is 15.9 Å². The van der Waals surface area contributed by atoms with E-state index in [1.165, 1.54) is 0 Å². The minimum Gasteiger partial charge on any atom is -0.456 e. The number of carbonyl (C=O) groups excluding carboxylic acids is 2. The van der Waals surface area contributed by atoms with Crippen LogP contribution in [0.5, 0.6) is 11.5 Å². The van der Waals surface area contributed by atoms with E-state index < -0.39 is 48.9 Å². The topological polar surface area (TPSA) is 145 Å². The highest BCUT2D eigenvalue weighted by atomic mass is 35.5. The molecule has 0 aliphatic carbocycles. The van der Waals surface area contributed by atoms with Gasteiger partial charge in [-0.3, -0.25) is 19.7 Å². The number of carbonyl (C=O) groups is 2. The van der Waals surface area contributed by atoms with Crippen molar-refractivity contribution in [1.82, 2.24) is 4.72 Å². The number of amides is 2. The highest BCUT2D eigenvalue weighted by molar-refractivity contribution is 7.89. The van der Waals surface area contributed by atoms with Gasteiger partial charge in [0.15, 0.2) is 0 Å². The fraction of sp³-hybridized carbons (Fsp3) is 0.333. The number of halogens is 5. The van der Waals surface area contributed by atoms with Crippen LogP contribution in [0, 0.1) is 17.0 Å². The molecule has 0 bridgehead atoms. The average molecular weight is 723 g/mol. The predicted molar refractivity (Wildman–Crippen MR) is 172 cm³/mol. The highest BCUT2D eigenvalue weighted by Crippen LogP contribution is 2.37. The third kappa shape index (κ3) is 11.1. The number of methoxy groups -OCH3 is 1. The summed E-state index contributed by atoms with van der Waals surface area (Å²) in [6.45, 7) is 6.56. The number of nitrogens with one attached hydrogen (secondary N) is 1. The Bertz CT molecular complexity index is 1720. The van der Waals surface area contributed by atoms with Crippen LogP contribution in [0.3, 0.4) is 0 Å². The van der Waals surface area contributed by atoms with Crippen molar-refractivity contribution in [2.24, 2.45) is 0 Å². The van der Waals surface area contributed by atoms with Crippen LogP contribution in [0.2, 0.25) is 5.02 Å². The van der Waals surface area contributed by atoms with Crippen LogP contribution in [-0.2, 0) is 32.2 Å². The molecule has 0 radical (unpaired) electrons. The SMILES string of the molecule is CCc1cccc(C)c1N(C(=O)CCl)[C@@H](C)COC.CS(=O)(=O)NC(=O)c1cc(Oc2ccc(C(F)(F)F)cc2Cl)ccc1[N+](=O)[O-]. The Morgan fingerprint density at radius 2 is 1.79 bits per heavy atom. The number of benzene rings is 3. The van der Waals surface area contributed by atoms with E-state index in [1.807, 2.05) is 26.0 Å². The Morgan fingerprint density at radius 1 is 1.13 bits per heavy atom. The van der Waals surface area contributed by atoms with Gasteiger partial charge in [-0.05, 0) is 55.7 Å². The maximum Gasteiger partial charge on any atom is 0.416 e. The molecule has 256 valence electrons. The van der Waals surface area contributed by atoms with Crippen molar-refractivity contribution in [2.75, 3.05) is 30.8 Å². The lowest BCUT2D eigenvalue weighted by Gasteiger charge is -2.31. The molecule has 17 heteroatoms. The van der Waals surface area contributed by atoms with Gasteiger partial charge in [0.1, 0.15) is 22.9 Å². The second-order valence-electron chi connectivity index (χ2n) is 10.0. The Balaban J connectivity index is 0.000000353. The first-order chi connectivity index (χ1) is 21.8. The van der Waals surface area contributed by atoms with Crippen LogP contribution in [0.15, 0.2) is 54.6 Å². The maximum absolute atomic E-state index is 12.7. The quantitative estimate of drug-likeness (QED) is 0.128. The van der Waals surface area contributed by atoms with Crippen LogP contribution in [0.25, 0.3) is 0 Å². The number of hydrogen-bond acceptors (Lipinski definition) is 8. The molecule has 0 fully saturated rings. The lowest BCUT2D eigenvalue weighted by Crippen LogP contribution is -2.43. The molecule has 0 aromatic heterocycles. The van der Waals surface area contributed by atoms with Crippen LogP contribution in [-0.4, -0.2) is 57.0 Å². The van der Waals surface area contributed by atoms with Gasteiger partial charge < -0.3 is 14.4 Å². The number of nitro benzene ring substituents is 1. The molecule has 0 spiro atoms. The van der Waals surface area contributed by atoms with Crippen LogP contribution in [0.1, 0.15) is 40.9 Å². The molecule has 47 heavy (non-hydrogen) atoms. The van der Waals surface area contributed by atoms with Gasteiger partial charge in [0, 0.05) is 19.2 Å². The van der Waals surface area contributed by atoms with Crippen molar-refractivity contribution < 1.29 is 45.6 Å². The maximum atomic E-state index is 12.7. The van der Waals surface area contributed by atoms with E-state index in [4.69, 9.17) is 32.7 Å². The molecule has 2 amide bonds. The lowest BCUT2D eigenvalue weighted by atomic mass is 10.0. The summed E-state index contributed by atoms with van der Waals surface area (Å²) in [5.41, 5.74) is 0.868. The molecule has 1 N–H and O–H groups in total. The van der Waals surface area contributed by atoms with E-state index in [9.17, 15) is 41.3 Å². The smallest absolute Gasteiger partial charge is 0.416 e. The summed E-state index contributed by atoms with van der Waals surface area (Å²) < 4.78 is 72.4. The van der Waals surface area contributed by atoms with Crippen molar-refractivity contribution in [2.45, 2.75) is 39.4 Å². The zero-order valence-electron chi connectivity index (χ0n) is 25.9. The number of aryl methyl sites for hydroxylation is 2. The molecule has 0 heterocycles. The normalized spacial score (nSPS) is 12.0. The first-order valence-electron chi connectivity index (χ1n) is 13.6. The van der Waals surface area contributed by atoms with Gasteiger partial charge in [-0.2, -0.15) is 13.2 Å². The Labute approximate surface area is 279 Å². The van der Waals surface area contributed by atoms with Crippen LogP contribution in [0.4, 0.5) is 24.5 Å². The molecule has 0 aliphatic rings. The minimum atomic E-state index is -4.62. The second-order valence-corrected chi connectivity index (χ2v) is 12.4. The molecule has 3 aromatic rings. The van der Waals surface area contributed by atoms with Gasteiger partial charge in [-0.1, -0.05) is 36.7 Å². The number of ether oxygens (including phenoxy) is 2. The zero-order chi connectivity index (χ0) is 35.7. The minimum absolute atomic E-state index is 0.0223. The number of rotatable bonds is 11. The molecule has 11 nitrogen and oxygen atoms in total. The molecule has 0 unspecified atom stereocenters. The fourth-order valence-electron chi connectivity index (χ4n) is 4.35. The molecule has 1 atom stereocenters. The van der Waals surface area contributed by atoms with Crippen molar-refractivity contribution >= 4 is 56.4 Å². The second kappa shape index (κ2) is 16.8. The summed E-state index contributed by atoms with van der Waals surface area (Å²) in [5, 5.41) is 10.7. The number of alkyl halides is 4. The lowest BCUT2D eigenvalue weighted by molar-refractivity contribution is -0.385. The molecule has 0 saturated heterocycles. The zero-order valence-corrected chi connectivity index (χ0v) is 28.2. The van der Waals surface area contributed by atoms with E-state index in [0.717, 1.165) is 47.5 Å². The standard InChI is InChI=1S/C15H10ClF3N2O6S.C15H22ClNO2/c1-28(25,26)20-14(22)10-7-9(3-4-12(10)21(23)24)27-13-5-2-8(6-11(13)16)15(17,18)19;1-5-13-8-6-7-11(2)15(13)17(14(18)9-16)12(3)10-19-4/h2-7H,1H3,(H,20,22);6-8,12H,5,9-10H2,1-4H3/t;12-/m.0/s1. The van der Waals surface area contributed by atoms with Crippen molar-refractivity contribution in [3.63, 3.8) is 0 Å². The van der Waals surface area contributed by atoms with Crippen LogP contribution < -0.4 is 14.4 Å². The Morgan fingerprint density at radius 3 is 2.30 bits per heavy atom. The largest absolute Gasteiger partial charge is 0.456 e. The summed E-state index contributed by atoms with van der Waals surface area (Å²) in [5.74, 6) is -1.79. The van der Waals surface area contributed by atoms with Crippen molar-refractivity contribution in [3.05, 3.63) is 92.0 Å². The van der Waals surface area contributed by atoms with Gasteiger partial charge in [-0.15, -0.1) is 11.6 Å². The van der Waals surface area contributed by atoms with Crippen molar-refractivity contribution in [1.29, 1.82) is 0 Å². The van der Waals surface area contributed by atoms with Gasteiger partial charge in [0.05, 0.1) is 40.1 Å². The molecule has 3 aromatic carbocycles. The molecular weight excluding hydrogens is 690 g/mol. The summed E-state index contributed by atoms with van der Waals surface area (Å²) in [7, 11) is -2.36. The van der Waals surface area contributed by atoms with E-state index in [2.05, 4.69) is 13.0 Å². The summed E-state index contributed by atoms with van der Waals surface area (Å²) in [6, 6.07) is 11.1. The van der Waals surface area contributed by atoms with Crippen molar-refractivity contribution in [3.8, 4) is 11.5 Å². The average Bonchev–Trinajstić information content (AvgIpc) is 2.97. The first-order valence-corrected chi connectivity index (χ1v) is 16.5. The number of nitro groups is 1.